The van der Waals surface area contributed by atoms with E-state index in [0.717, 1.165) is 32.5 Å². The molecule has 1 atom stereocenters. The highest BCUT2D eigenvalue weighted by molar-refractivity contribution is 7.10. The zero-order chi connectivity index (χ0) is 13.2. The number of nitrogens with one attached hydrogen (secondary N) is 1. The van der Waals surface area contributed by atoms with Crippen molar-refractivity contribution >= 4 is 17.2 Å². The molecule has 1 fully saturated rings. The summed E-state index contributed by atoms with van der Waals surface area (Å²) in [6.07, 6.45) is 2.08. The molecule has 1 unspecified atom stereocenters. The highest BCUT2D eigenvalue weighted by Crippen LogP contribution is 2.28. The predicted molar refractivity (Wildman–Crippen MR) is 75.7 cm³/mol. The van der Waals surface area contributed by atoms with Crippen molar-refractivity contribution in [1.29, 1.82) is 0 Å². The highest BCUT2D eigenvalue weighted by atomic mass is 32.1. The maximum atomic E-state index is 12.5. The molecule has 0 aliphatic carbocycles. The van der Waals surface area contributed by atoms with Crippen LogP contribution in [-0.2, 0) is 11.3 Å². The van der Waals surface area contributed by atoms with Crippen molar-refractivity contribution in [2.24, 2.45) is 5.41 Å². The molecule has 2 rings (SSSR count). The molecule has 1 saturated heterocycles. The lowest BCUT2D eigenvalue weighted by Gasteiger charge is -2.36. The van der Waals surface area contributed by atoms with E-state index in [2.05, 4.69) is 30.6 Å². The lowest BCUT2D eigenvalue weighted by atomic mass is 9.81. The summed E-state index contributed by atoms with van der Waals surface area (Å²) in [6.45, 7) is 6.77. The molecule has 1 aliphatic heterocycles. The maximum absolute atomic E-state index is 12.5. The second-order valence-electron chi connectivity index (χ2n) is 5.53. The largest absolute Gasteiger partial charge is 0.340 e. The highest BCUT2D eigenvalue weighted by Gasteiger charge is 2.36. The summed E-state index contributed by atoms with van der Waals surface area (Å²) in [4.78, 5) is 15.7. The van der Waals surface area contributed by atoms with Crippen LogP contribution in [0.1, 0.15) is 30.2 Å². The molecule has 0 radical (unpaired) electrons. The summed E-state index contributed by atoms with van der Waals surface area (Å²) in [5.74, 6) is 0.266. The monoisotopic (exact) mass is 266 g/mol. The molecule has 1 amide bonds. The van der Waals surface area contributed by atoms with E-state index in [1.54, 1.807) is 11.3 Å². The molecule has 1 aromatic rings. The number of carbonyl (C=O) groups excluding carboxylic acids is 1. The van der Waals surface area contributed by atoms with Crippen LogP contribution >= 0.6 is 11.3 Å². The summed E-state index contributed by atoms with van der Waals surface area (Å²) < 4.78 is 0. The Morgan fingerprint density at radius 2 is 2.39 bits per heavy atom. The van der Waals surface area contributed by atoms with Crippen LogP contribution in [0.15, 0.2) is 11.4 Å². The summed E-state index contributed by atoms with van der Waals surface area (Å²) in [6, 6.07) is 2.11. The van der Waals surface area contributed by atoms with Crippen LogP contribution in [0.5, 0.6) is 0 Å². The van der Waals surface area contributed by atoms with Gasteiger partial charge in [0, 0.05) is 18.5 Å². The average Bonchev–Trinajstić information content (AvgIpc) is 2.75. The first-order valence-corrected chi connectivity index (χ1v) is 7.40. The molecule has 1 aromatic heterocycles. The Balaban J connectivity index is 2.02. The molecule has 4 heteroatoms. The third-order valence-electron chi connectivity index (χ3n) is 3.81. The first-order valence-electron chi connectivity index (χ1n) is 6.52. The fourth-order valence-electron chi connectivity index (χ4n) is 2.55. The lowest BCUT2D eigenvalue weighted by Crippen LogP contribution is -2.48. The topological polar surface area (TPSA) is 32.3 Å². The number of carbonyl (C=O) groups is 1. The van der Waals surface area contributed by atoms with Gasteiger partial charge in [-0.05, 0) is 50.2 Å². The van der Waals surface area contributed by atoms with E-state index in [4.69, 9.17) is 0 Å². The smallest absolute Gasteiger partial charge is 0.229 e. The Morgan fingerprint density at radius 3 is 2.94 bits per heavy atom. The van der Waals surface area contributed by atoms with E-state index in [-0.39, 0.29) is 11.3 Å². The average molecular weight is 266 g/mol. The second-order valence-corrected chi connectivity index (χ2v) is 6.53. The number of aryl methyl sites for hydroxylation is 1. The van der Waals surface area contributed by atoms with Gasteiger partial charge in [0.05, 0.1) is 12.0 Å². The normalized spacial score (nSPS) is 23.9. The Morgan fingerprint density at radius 1 is 1.61 bits per heavy atom. The molecular formula is C14H22N2OS. The number of hydrogen-bond donors (Lipinski definition) is 1. The standard InChI is InChI=1S/C14H22N2OS/c1-11-5-8-18-12(11)9-16(3)13(17)14(2)6-4-7-15-10-14/h5,8,15H,4,6-7,9-10H2,1-3H3. The quantitative estimate of drug-likeness (QED) is 0.911. The molecule has 0 spiro atoms. The van der Waals surface area contributed by atoms with Gasteiger partial charge < -0.3 is 10.2 Å². The molecule has 1 aliphatic rings. The van der Waals surface area contributed by atoms with Crippen molar-refractivity contribution < 1.29 is 4.79 Å². The second kappa shape index (κ2) is 5.41. The van der Waals surface area contributed by atoms with E-state index in [0.29, 0.717) is 0 Å². The molecule has 3 nitrogen and oxygen atoms in total. The number of rotatable bonds is 3. The number of nitrogens with zero attached hydrogens (tertiary/aromatic N) is 1. The number of thiophene rings is 1. The summed E-state index contributed by atoms with van der Waals surface area (Å²) >= 11 is 1.73. The van der Waals surface area contributed by atoms with Crippen molar-refractivity contribution in [3.8, 4) is 0 Å². The fourth-order valence-corrected chi connectivity index (χ4v) is 3.51. The number of hydrogen-bond acceptors (Lipinski definition) is 3. The molecule has 18 heavy (non-hydrogen) atoms. The van der Waals surface area contributed by atoms with Crippen LogP contribution in [0, 0.1) is 12.3 Å². The van der Waals surface area contributed by atoms with E-state index >= 15 is 0 Å². The van der Waals surface area contributed by atoms with E-state index in [1.807, 2.05) is 11.9 Å². The minimum absolute atomic E-state index is 0.224. The van der Waals surface area contributed by atoms with Crippen molar-refractivity contribution in [2.45, 2.75) is 33.2 Å². The SMILES string of the molecule is Cc1ccsc1CN(C)C(=O)C1(C)CCCNC1. The zero-order valence-electron chi connectivity index (χ0n) is 11.5. The van der Waals surface area contributed by atoms with Gasteiger partial charge in [0.15, 0.2) is 0 Å². The van der Waals surface area contributed by atoms with Gasteiger partial charge in [-0.1, -0.05) is 0 Å². The van der Waals surface area contributed by atoms with Crippen molar-refractivity contribution in [2.75, 3.05) is 20.1 Å². The van der Waals surface area contributed by atoms with E-state index in [9.17, 15) is 4.79 Å². The molecule has 0 bridgehead atoms. The Labute approximate surface area is 113 Å². The fraction of sp³-hybridized carbons (Fsp3) is 0.643. The summed E-state index contributed by atoms with van der Waals surface area (Å²) in [5.41, 5.74) is 1.06. The van der Waals surface area contributed by atoms with Crippen molar-refractivity contribution in [1.82, 2.24) is 10.2 Å². The number of amides is 1. The van der Waals surface area contributed by atoms with E-state index in [1.165, 1.54) is 10.4 Å². The molecule has 0 saturated carbocycles. The zero-order valence-corrected chi connectivity index (χ0v) is 12.3. The van der Waals surface area contributed by atoms with Crippen LogP contribution in [-0.4, -0.2) is 30.9 Å². The van der Waals surface area contributed by atoms with Gasteiger partial charge in [-0.3, -0.25) is 4.79 Å². The molecule has 2 heterocycles. The third-order valence-corrected chi connectivity index (χ3v) is 4.82. The van der Waals surface area contributed by atoms with Crippen LogP contribution in [0.25, 0.3) is 0 Å². The summed E-state index contributed by atoms with van der Waals surface area (Å²) in [7, 11) is 1.92. The molecular weight excluding hydrogens is 244 g/mol. The molecule has 1 N–H and O–H groups in total. The van der Waals surface area contributed by atoms with Gasteiger partial charge in [-0.15, -0.1) is 11.3 Å². The van der Waals surface area contributed by atoms with Crippen LogP contribution < -0.4 is 5.32 Å². The van der Waals surface area contributed by atoms with Gasteiger partial charge in [0.25, 0.3) is 0 Å². The number of piperidine rings is 1. The predicted octanol–water partition coefficient (Wildman–Crippen LogP) is 2.40. The van der Waals surface area contributed by atoms with Crippen LogP contribution in [0.2, 0.25) is 0 Å². The van der Waals surface area contributed by atoms with Crippen LogP contribution in [0.3, 0.4) is 0 Å². The van der Waals surface area contributed by atoms with Crippen LogP contribution in [0.4, 0.5) is 0 Å². The molecule has 0 aromatic carbocycles. The van der Waals surface area contributed by atoms with Gasteiger partial charge in [-0.25, -0.2) is 0 Å². The van der Waals surface area contributed by atoms with Gasteiger partial charge in [-0.2, -0.15) is 0 Å². The first kappa shape index (κ1) is 13.6. The summed E-state index contributed by atoms with van der Waals surface area (Å²) in [5, 5.41) is 5.43. The minimum atomic E-state index is -0.224. The Bertz CT molecular complexity index is 421. The minimum Gasteiger partial charge on any atom is -0.340 e. The molecule has 100 valence electrons. The van der Waals surface area contributed by atoms with Gasteiger partial charge in [0.1, 0.15) is 0 Å². The van der Waals surface area contributed by atoms with Gasteiger partial charge in [0.2, 0.25) is 5.91 Å². The van der Waals surface area contributed by atoms with Crippen molar-refractivity contribution in [3.63, 3.8) is 0 Å². The van der Waals surface area contributed by atoms with Gasteiger partial charge >= 0.3 is 0 Å². The maximum Gasteiger partial charge on any atom is 0.229 e. The Kier molecular flexibility index (Phi) is 4.07. The lowest BCUT2D eigenvalue weighted by molar-refractivity contribution is -0.141. The third kappa shape index (κ3) is 2.75. The van der Waals surface area contributed by atoms with Crippen molar-refractivity contribution in [3.05, 3.63) is 21.9 Å². The Hall–Kier alpha value is -0.870. The van der Waals surface area contributed by atoms with E-state index < -0.39 is 0 Å². The first-order chi connectivity index (χ1) is 8.53.